The minimum absolute atomic E-state index is 0.180. The zero-order chi connectivity index (χ0) is 7.56. The van der Waals surface area contributed by atoms with Gasteiger partial charge in [0.05, 0.1) is 18.8 Å². The van der Waals surface area contributed by atoms with Crippen LogP contribution in [-0.4, -0.2) is 36.6 Å². The van der Waals surface area contributed by atoms with Gasteiger partial charge in [-0.2, -0.15) is 0 Å². The van der Waals surface area contributed by atoms with Gasteiger partial charge >= 0.3 is 0 Å². The number of amides is 1. The molecule has 1 aliphatic heterocycles. The molecule has 3 nitrogen and oxygen atoms in total. The Bertz CT molecular complexity index is 127. The van der Waals surface area contributed by atoms with Crippen LogP contribution in [0.2, 0.25) is 0 Å². The molecule has 0 saturated carbocycles. The second kappa shape index (κ2) is 3.01. The van der Waals surface area contributed by atoms with Gasteiger partial charge in [0, 0.05) is 6.54 Å². The second-order valence-electron chi connectivity index (χ2n) is 2.66. The molecular weight excluding hydrogens is 130 g/mol. The van der Waals surface area contributed by atoms with Crippen LogP contribution in [0.15, 0.2) is 0 Å². The number of rotatable bonds is 1. The third-order valence-electron chi connectivity index (χ3n) is 2.07. The molecule has 3 heteroatoms. The molecule has 58 valence electrons. The normalized spacial score (nSPS) is 34.0. The van der Waals surface area contributed by atoms with Crippen molar-refractivity contribution in [3.63, 3.8) is 0 Å². The number of hydrogen-bond donors (Lipinski definition) is 0. The quantitative estimate of drug-likeness (QED) is 0.492. The molecule has 2 unspecified atom stereocenters. The van der Waals surface area contributed by atoms with Gasteiger partial charge in [0.25, 0.3) is 0 Å². The lowest BCUT2D eigenvalue weighted by Gasteiger charge is -2.34. The van der Waals surface area contributed by atoms with E-state index in [1.165, 1.54) is 0 Å². The Kier molecular flexibility index (Phi) is 2.27. The Morgan fingerprint density at radius 2 is 2.30 bits per heavy atom. The molecule has 0 N–H and O–H groups in total. The van der Waals surface area contributed by atoms with Crippen molar-refractivity contribution in [3.05, 3.63) is 0 Å². The van der Waals surface area contributed by atoms with Crippen LogP contribution in [0.25, 0.3) is 0 Å². The molecule has 1 saturated heterocycles. The number of ether oxygens (including phenoxy) is 1. The maximum atomic E-state index is 10.4. The van der Waals surface area contributed by atoms with E-state index in [4.69, 9.17) is 4.74 Å². The first kappa shape index (κ1) is 7.54. The number of nitrogens with zero attached hydrogens (tertiary/aromatic N) is 1. The van der Waals surface area contributed by atoms with Gasteiger partial charge in [-0.1, -0.05) is 0 Å². The first-order chi connectivity index (χ1) is 4.75. The topological polar surface area (TPSA) is 29.5 Å². The van der Waals surface area contributed by atoms with Gasteiger partial charge in [-0.15, -0.1) is 0 Å². The molecule has 0 radical (unpaired) electrons. The predicted molar refractivity (Wildman–Crippen MR) is 37.6 cm³/mol. The van der Waals surface area contributed by atoms with E-state index in [2.05, 4.69) is 0 Å². The largest absolute Gasteiger partial charge is 0.375 e. The van der Waals surface area contributed by atoms with Gasteiger partial charge in [0.2, 0.25) is 6.41 Å². The smallest absolute Gasteiger partial charge is 0.210 e. The Balaban J connectivity index is 2.50. The van der Waals surface area contributed by atoms with Crippen LogP contribution in [0.1, 0.15) is 13.8 Å². The van der Waals surface area contributed by atoms with Crippen molar-refractivity contribution in [1.29, 1.82) is 0 Å². The summed E-state index contributed by atoms with van der Waals surface area (Å²) in [5.41, 5.74) is 0. The monoisotopic (exact) mass is 143 g/mol. The summed E-state index contributed by atoms with van der Waals surface area (Å²) in [6, 6.07) is 0.228. The fourth-order valence-electron chi connectivity index (χ4n) is 1.11. The van der Waals surface area contributed by atoms with E-state index in [1.54, 1.807) is 4.90 Å². The number of carbonyl (C=O) groups is 1. The summed E-state index contributed by atoms with van der Waals surface area (Å²) in [5.74, 6) is 0. The third-order valence-corrected chi connectivity index (χ3v) is 2.07. The van der Waals surface area contributed by atoms with Crippen LogP contribution in [0.3, 0.4) is 0 Å². The summed E-state index contributed by atoms with van der Waals surface area (Å²) in [5, 5.41) is 0. The van der Waals surface area contributed by atoms with Crippen molar-refractivity contribution in [1.82, 2.24) is 4.90 Å². The van der Waals surface area contributed by atoms with Crippen molar-refractivity contribution in [2.24, 2.45) is 0 Å². The van der Waals surface area contributed by atoms with Gasteiger partial charge in [-0.3, -0.25) is 4.79 Å². The van der Waals surface area contributed by atoms with Crippen molar-refractivity contribution in [2.75, 3.05) is 13.2 Å². The Morgan fingerprint density at radius 3 is 2.80 bits per heavy atom. The minimum Gasteiger partial charge on any atom is -0.375 e. The first-order valence-electron chi connectivity index (χ1n) is 3.58. The molecule has 0 spiro atoms. The van der Waals surface area contributed by atoms with Crippen LogP contribution in [0.4, 0.5) is 0 Å². The average Bonchev–Trinajstić information content (AvgIpc) is 1.95. The van der Waals surface area contributed by atoms with Crippen LogP contribution in [-0.2, 0) is 9.53 Å². The molecule has 10 heavy (non-hydrogen) atoms. The molecule has 0 aromatic heterocycles. The highest BCUT2D eigenvalue weighted by Crippen LogP contribution is 2.10. The fraction of sp³-hybridized carbons (Fsp3) is 0.857. The highest BCUT2D eigenvalue weighted by Gasteiger charge is 2.23. The first-order valence-corrected chi connectivity index (χ1v) is 3.58. The van der Waals surface area contributed by atoms with Gasteiger partial charge < -0.3 is 9.64 Å². The van der Waals surface area contributed by atoms with E-state index in [0.29, 0.717) is 6.61 Å². The molecule has 0 bridgehead atoms. The lowest BCUT2D eigenvalue weighted by Crippen LogP contribution is -2.47. The van der Waals surface area contributed by atoms with Gasteiger partial charge in [0.15, 0.2) is 0 Å². The maximum Gasteiger partial charge on any atom is 0.210 e. The zero-order valence-corrected chi connectivity index (χ0v) is 6.41. The molecule has 0 aliphatic carbocycles. The molecular formula is C7H13NO2. The molecule has 1 rings (SSSR count). The third kappa shape index (κ3) is 1.29. The van der Waals surface area contributed by atoms with Gasteiger partial charge in [-0.25, -0.2) is 0 Å². The van der Waals surface area contributed by atoms with E-state index >= 15 is 0 Å². The molecule has 0 aromatic rings. The molecule has 0 aromatic carbocycles. The molecule has 1 fully saturated rings. The standard InChI is InChI=1S/C7H13NO2/c1-6-7(2)10-4-3-8(6)5-9/h5-7H,3-4H2,1-2H3. The van der Waals surface area contributed by atoms with E-state index in [9.17, 15) is 4.79 Å². The summed E-state index contributed by atoms with van der Waals surface area (Å²) >= 11 is 0. The van der Waals surface area contributed by atoms with Crippen LogP contribution in [0.5, 0.6) is 0 Å². The van der Waals surface area contributed by atoms with E-state index in [0.717, 1.165) is 13.0 Å². The highest BCUT2D eigenvalue weighted by molar-refractivity contribution is 5.47. The van der Waals surface area contributed by atoms with E-state index in [-0.39, 0.29) is 12.1 Å². The lowest BCUT2D eigenvalue weighted by molar-refractivity contribution is -0.130. The van der Waals surface area contributed by atoms with E-state index < -0.39 is 0 Å². The number of morpholine rings is 1. The average molecular weight is 143 g/mol. The Morgan fingerprint density at radius 1 is 1.60 bits per heavy atom. The van der Waals surface area contributed by atoms with Crippen LogP contribution in [0, 0.1) is 0 Å². The fourth-order valence-corrected chi connectivity index (χ4v) is 1.11. The summed E-state index contributed by atoms with van der Waals surface area (Å²) < 4.78 is 5.32. The highest BCUT2D eigenvalue weighted by atomic mass is 16.5. The Labute approximate surface area is 61.0 Å². The van der Waals surface area contributed by atoms with Gasteiger partial charge in [-0.05, 0) is 13.8 Å². The Hall–Kier alpha value is -0.570. The summed E-state index contributed by atoms with van der Waals surface area (Å²) in [7, 11) is 0. The van der Waals surface area contributed by atoms with Crippen molar-refractivity contribution in [2.45, 2.75) is 26.0 Å². The van der Waals surface area contributed by atoms with Gasteiger partial charge in [0.1, 0.15) is 0 Å². The molecule has 1 amide bonds. The zero-order valence-electron chi connectivity index (χ0n) is 6.41. The van der Waals surface area contributed by atoms with Crippen molar-refractivity contribution >= 4 is 6.41 Å². The second-order valence-corrected chi connectivity index (χ2v) is 2.66. The number of hydrogen-bond acceptors (Lipinski definition) is 2. The summed E-state index contributed by atoms with van der Waals surface area (Å²) in [6.45, 7) is 5.39. The SMILES string of the molecule is CC1OCCN(C=O)C1C. The van der Waals surface area contributed by atoms with Crippen LogP contribution < -0.4 is 0 Å². The van der Waals surface area contributed by atoms with E-state index in [1.807, 2.05) is 13.8 Å². The number of carbonyl (C=O) groups excluding carboxylic acids is 1. The maximum absolute atomic E-state index is 10.4. The summed E-state index contributed by atoms with van der Waals surface area (Å²) in [6.07, 6.45) is 1.07. The van der Waals surface area contributed by atoms with Crippen molar-refractivity contribution < 1.29 is 9.53 Å². The van der Waals surface area contributed by atoms with Crippen molar-refractivity contribution in [3.8, 4) is 0 Å². The van der Waals surface area contributed by atoms with Crippen LogP contribution >= 0.6 is 0 Å². The minimum atomic E-state index is 0.180. The predicted octanol–water partition coefficient (Wildman–Crippen LogP) is 0.252. The molecule has 1 aliphatic rings. The molecule has 1 heterocycles. The lowest BCUT2D eigenvalue weighted by atomic mass is 10.1. The summed E-state index contributed by atoms with van der Waals surface area (Å²) in [4.78, 5) is 12.2. The molecule has 2 atom stereocenters.